The van der Waals surface area contributed by atoms with Gasteiger partial charge in [-0.25, -0.2) is 4.79 Å². The van der Waals surface area contributed by atoms with E-state index >= 15 is 0 Å². The molecule has 2 N–H and O–H groups in total. The first-order valence-electron chi connectivity index (χ1n) is 10.9. The monoisotopic (exact) mass is 405 g/mol. The van der Waals surface area contributed by atoms with Crippen LogP contribution in [0.2, 0.25) is 0 Å². The molecular formula is C25H31N3O2. The fourth-order valence-electron chi connectivity index (χ4n) is 4.75. The van der Waals surface area contributed by atoms with Crippen molar-refractivity contribution in [1.82, 2.24) is 10.2 Å². The lowest BCUT2D eigenvalue weighted by Crippen LogP contribution is -2.48. The summed E-state index contributed by atoms with van der Waals surface area (Å²) in [6.45, 7) is 5.69. The van der Waals surface area contributed by atoms with Crippen LogP contribution in [0.25, 0.3) is 0 Å². The molecule has 1 fully saturated rings. The number of piperidine rings is 1. The first-order chi connectivity index (χ1) is 14.4. The highest BCUT2D eigenvalue weighted by molar-refractivity contribution is 5.90. The number of fused-ring (bicyclic) bond motifs is 1. The first-order valence-corrected chi connectivity index (χ1v) is 10.9. The molecule has 1 aliphatic heterocycles. The van der Waals surface area contributed by atoms with Crippen LogP contribution in [0.1, 0.15) is 56.7 Å². The molecule has 2 aliphatic rings. The van der Waals surface area contributed by atoms with Crippen LogP contribution < -0.4 is 10.6 Å². The minimum absolute atomic E-state index is 0.0512. The Morgan fingerprint density at radius 1 is 1.00 bits per heavy atom. The third kappa shape index (κ3) is 4.35. The van der Waals surface area contributed by atoms with Crippen molar-refractivity contribution >= 4 is 17.6 Å². The number of nitrogens with zero attached hydrogens (tertiary/aromatic N) is 1. The third-order valence-electron chi connectivity index (χ3n) is 6.54. The number of amides is 3. The Morgan fingerprint density at radius 2 is 1.73 bits per heavy atom. The molecule has 0 bridgehead atoms. The first kappa shape index (κ1) is 20.5. The molecule has 0 spiro atoms. The van der Waals surface area contributed by atoms with Gasteiger partial charge in [-0.05, 0) is 54.4 Å². The topological polar surface area (TPSA) is 61.4 Å². The van der Waals surface area contributed by atoms with Crippen molar-refractivity contribution in [3.05, 3.63) is 65.7 Å². The minimum atomic E-state index is -0.164. The summed E-state index contributed by atoms with van der Waals surface area (Å²) in [4.78, 5) is 27.5. The van der Waals surface area contributed by atoms with Crippen molar-refractivity contribution in [1.29, 1.82) is 0 Å². The zero-order valence-corrected chi connectivity index (χ0v) is 17.9. The molecule has 4 rings (SSSR count). The number of para-hydroxylation sites is 1. The molecule has 2 aromatic carbocycles. The molecule has 1 heterocycles. The van der Waals surface area contributed by atoms with Crippen LogP contribution in [0.15, 0.2) is 54.6 Å². The third-order valence-corrected chi connectivity index (χ3v) is 6.54. The number of carbonyl (C=O) groups excluding carboxylic acids is 2. The number of carbonyl (C=O) groups is 2. The van der Waals surface area contributed by atoms with Gasteiger partial charge in [0.25, 0.3) is 0 Å². The normalized spacial score (nSPS) is 22.7. The molecule has 0 aromatic heterocycles. The van der Waals surface area contributed by atoms with E-state index < -0.39 is 0 Å². The van der Waals surface area contributed by atoms with E-state index in [0.29, 0.717) is 13.1 Å². The van der Waals surface area contributed by atoms with Crippen molar-refractivity contribution in [2.45, 2.75) is 51.0 Å². The molecule has 158 valence electrons. The van der Waals surface area contributed by atoms with Gasteiger partial charge in [0.2, 0.25) is 5.91 Å². The van der Waals surface area contributed by atoms with Crippen LogP contribution in [0.5, 0.6) is 0 Å². The Morgan fingerprint density at radius 3 is 2.53 bits per heavy atom. The summed E-state index contributed by atoms with van der Waals surface area (Å²) in [6, 6.07) is 17.8. The van der Waals surface area contributed by atoms with E-state index in [9.17, 15) is 9.59 Å². The van der Waals surface area contributed by atoms with E-state index in [-0.39, 0.29) is 29.3 Å². The van der Waals surface area contributed by atoms with E-state index in [4.69, 9.17) is 0 Å². The molecule has 2 unspecified atom stereocenters. The zero-order valence-electron chi connectivity index (χ0n) is 17.9. The van der Waals surface area contributed by atoms with Crippen LogP contribution in [-0.2, 0) is 10.2 Å². The molecule has 2 atom stereocenters. The van der Waals surface area contributed by atoms with Gasteiger partial charge < -0.3 is 15.5 Å². The fourth-order valence-corrected chi connectivity index (χ4v) is 4.75. The Balaban J connectivity index is 1.40. The summed E-state index contributed by atoms with van der Waals surface area (Å²) in [5, 5.41) is 6.22. The quantitative estimate of drug-likeness (QED) is 0.766. The molecule has 5 nitrogen and oxygen atoms in total. The van der Waals surface area contributed by atoms with Gasteiger partial charge in [0.15, 0.2) is 0 Å². The van der Waals surface area contributed by atoms with Crippen LogP contribution >= 0.6 is 0 Å². The maximum absolute atomic E-state index is 13.1. The molecule has 0 saturated carbocycles. The molecule has 3 amide bonds. The number of hydrogen-bond acceptors (Lipinski definition) is 2. The van der Waals surface area contributed by atoms with Crippen molar-refractivity contribution in [2.75, 3.05) is 18.4 Å². The lowest BCUT2D eigenvalue weighted by atomic mass is 9.71. The number of hydrogen-bond donors (Lipinski definition) is 2. The highest BCUT2D eigenvalue weighted by atomic mass is 16.2. The maximum atomic E-state index is 13.1. The molecule has 30 heavy (non-hydrogen) atoms. The Kier molecular flexibility index (Phi) is 5.80. The SMILES string of the molecule is CC1(C)CCC(NC(=O)C2CCCN(C(=O)Nc3ccccc3)C2)c2ccccc21. The van der Waals surface area contributed by atoms with E-state index in [1.54, 1.807) is 4.90 Å². The van der Waals surface area contributed by atoms with Gasteiger partial charge in [0, 0.05) is 18.8 Å². The maximum Gasteiger partial charge on any atom is 0.321 e. The van der Waals surface area contributed by atoms with Gasteiger partial charge in [-0.3, -0.25) is 4.79 Å². The molecule has 1 aliphatic carbocycles. The summed E-state index contributed by atoms with van der Waals surface area (Å²) < 4.78 is 0. The largest absolute Gasteiger partial charge is 0.349 e. The highest BCUT2D eigenvalue weighted by Crippen LogP contribution is 2.41. The van der Waals surface area contributed by atoms with Crippen LogP contribution in [-0.4, -0.2) is 29.9 Å². The van der Waals surface area contributed by atoms with E-state index in [1.165, 1.54) is 11.1 Å². The second-order valence-corrected chi connectivity index (χ2v) is 9.15. The van der Waals surface area contributed by atoms with E-state index in [1.807, 2.05) is 30.3 Å². The predicted molar refractivity (Wildman–Crippen MR) is 119 cm³/mol. The number of anilines is 1. The number of likely N-dealkylation sites (tertiary alicyclic amines) is 1. The van der Waals surface area contributed by atoms with Crippen molar-refractivity contribution in [3.63, 3.8) is 0 Å². The summed E-state index contributed by atoms with van der Waals surface area (Å²) in [5.74, 6) is -0.103. The van der Waals surface area contributed by atoms with Gasteiger partial charge in [-0.2, -0.15) is 0 Å². The average molecular weight is 406 g/mol. The van der Waals surface area contributed by atoms with Crippen molar-refractivity contribution < 1.29 is 9.59 Å². The zero-order chi connectivity index (χ0) is 21.1. The second kappa shape index (κ2) is 8.50. The van der Waals surface area contributed by atoms with Crippen molar-refractivity contribution in [2.24, 2.45) is 5.92 Å². The molecule has 0 radical (unpaired) electrons. The number of nitrogens with one attached hydrogen (secondary N) is 2. The van der Waals surface area contributed by atoms with E-state index in [0.717, 1.165) is 31.4 Å². The molecule has 2 aromatic rings. The predicted octanol–water partition coefficient (Wildman–Crippen LogP) is 4.86. The van der Waals surface area contributed by atoms with E-state index in [2.05, 4.69) is 48.7 Å². The summed E-state index contributed by atoms with van der Waals surface area (Å²) >= 11 is 0. The Bertz CT molecular complexity index is 910. The molecule has 5 heteroatoms. The van der Waals surface area contributed by atoms with Gasteiger partial charge in [0.05, 0.1) is 12.0 Å². The summed E-state index contributed by atoms with van der Waals surface area (Å²) in [5.41, 5.74) is 3.47. The Labute approximate surface area is 178 Å². The summed E-state index contributed by atoms with van der Waals surface area (Å²) in [7, 11) is 0. The second-order valence-electron chi connectivity index (χ2n) is 9.15. The number of benzene rings is 2. The van der Waals surface area contributed by atoms with Gasteiger partial charge in [-0.15, -0.1) is 0 Å². The number of rotatable bonds is 3. The molecule has 1 saturated heterocycles. The van der Waals surface area contributed by atoms with Gasteiger partial charge in [0.1, 0.15) is 0 Å². The average Bonchev–Trinajstić information content (AvgIpc) is 2.77. The van der Waals surface area contributed by atoms with Crippen molar-refractivity contribution in [3.8, 4) is 0 Å². The van der Waals surface area contributed by atoms with Crippen LogP contribution in [0.3, 0.4) is 0 Å². The minimum Gasteiger partial charge on any atom is -0.349 e. The standard InChI is InChI=1S/C25H31N3O2/c1-25(2)15-14-22(20-12-6-7-13-21(20)25)27-23(29)18-9-8-16-28(17-18)24(30)26-19-10-4-3-5-11-19/h3-7,10-13,18,22H,8-9,14-17H2,1-2H3,(H,26,30)(H,27,29). The summed E-state index contributed by atoms with van der Waals surface area (Å²) in [6.07, 6.45) is 3.65. The Hall–Kier alpha value is -2.82. The molecular weight excluding hydrogens is 374 g/mol. The van der Waals surface area contributed by atoms with Gasteiger partial charge in [-0.1, -0.05) is 56.3 Å². The smallest absolute Gasteiger partial charge is 0.321 e. The highest BCUT2D eigenvalue weighted by Gasteiger charge is 2.35. The fraction of sp³-hybridized carbons (Fsp3) is 0.440. The van der Waals surface area contributed by atoms with Crippen LogP contribution in [0, 0.1) is 5.92 Å². The van der Waals surface area contributed by atoms with Gasteiger partial charge >= 0.3 is 6.03 Å². The van der Waals surface area contributed by atoms with Crippen LogP contribution in [0.4, 0.5) is 10.5 Å². The number of urea groups is 1. The lowest BCUT2D eigenvalue weighted by Gasteiger charge is -2.38. The lowest BCUT2D eigenvalue weighted by molar-refractivity contribution is -0.127.